The van der Waals surface area contributed by atoms with E-state index in [9.17, 15) is 0 Å². The topological polar surface area (TPSA) is 45.6 Å². The van der Waals surface area contributed by atoms with Crippen LogP contribution >= 0.6 is 0 Å². The van der Waals surface area contributed by atoms with Gasteiger partial charge in [-0.05, 0) is 90.7 Å². The molecule has 4 heteroatoms. The van der Waals surface area contributed by atoms with Crippen molar-refractivity contribution >= 4 is 16.6 Å². The Morgan fingerprint density at radius 3 is 2.07 bits per heavy atom. The van der Waals surface area contributed by atoms with Crippen molar-refractivity contribution in [3.05, 3.63) is 246 Å². The highest BCUT2D eigenvalue weighted by atomic mass is 16.5. The van der Waals surface area contributed by atoms with Gasteiger partial charge in [-0.1, -0.05) is 188 Å². The summed E-state index contributed by atoms with van der Waals surface area (Å²) in [5.41, 5.74) is 14.2. The molecule has 2 aliphatic carbocycles. The van der Waals surface area contributed by atoms with E-state index in [0.717, 1.165) is 33.8 Å². The van der Waals surface area contributed by atoms with E-state index in [4.69, 9.17) is 9.73 Å². The van der Waals surface area contributed by atoms with E-state index in [1.54, 1.807) is 0 Å². The highest BCUT2D eigenvalue weighted by Gasteiger charge is 2.56. The maximum absolute atomic E-state index is 6.70. The minimum atomic E-state index is -0.390. The van der Waals surface area contributed by atoms with Gasteiger partial charge in [0.1, 0.15) is 30.0 Å². The molecular formula is C56H41N3O. The van der Waals surface area contributed by atoms with Gasteiger partial charge in [-0.2, -0.15) is 0 Å². The molecule has 5 atom stereocenters. The molecule has 0 fully saturated rings. The molecule has 4 aliphatic rings. The van der Waals surface area contributed by atoms with Crippen molar-refractivity contribution in [2.24, 2.45) is 10.9 Å². The molecule has 0 radical (unpaired) electrons. The summed E-state index contributed by atoms with van der Waals surface area (Å²) in [6, 6.07) is 68.1. The van der Waals surface area contributed by atoms with Gasteiger partial charge in [0.2, 0.25) is 0 Å². The molecule has 8 aromatic carbocycles. The Hall–Kier alpha value is -7.27. The van der Waals surface area contributed by atoms with Gasteiger partial charge in [0.05, 0.1) is 5.41 Å². The Morgan fingerprint density at radius 1 is 0.517 bits per heavy atom. The van der Waals surface area contributed by atoms with Crippen LogP contribution in [-0.4, -0.2) is 11.9 Å². The fourth-order valence-electron chi connectivity index (χ4n) is 10.4. The molecule has 0 aromatic heterocycles. The highest BCUT2D eigenvalue weighted by molar-refractivity contribution is 6.01. The molecule has 0 saturated heterocycles. The number of nitrogens with one attached hydrogen (secondary N) is 2. The third-order valence-electron chi connectivity index (χ3n) is 13.0. The minimum Gasteiger partial charge on any atom is -0.485 e. The van der Waals surface area contributed by atoms with E-state index < -0.39 is 5.41 Å². The van der Waals surface area contributed by atoms with Crippen LogP contribution in [-0.2, 0) is 5.41 Å². The average molecular weight is 772 g/mol. The smallest absolute Gasteiger partial charge is 0.131 e. The SMILES string of the molecule is C1=CC2Oc3ccccc3C3(c4ccccc4-c4c(-c5cccc(-c6cccc(C7=NC(c8ccccc8)NC(c8cccc9ccccc89)N7)c6)c5)cccc43)C2C=C1. The number of ether oxygens (including phenoxy) is 1. The molecule has 12 rings (SSSR count). The molecule has 5 unspecified atom stereocenters. The first kappa shape index (κ1) is 34.7. The second-order valence-corrected chi connectivity index (χ2v) is 16.2. The first-order chi connectivity index (χ1) is 29.7. The van der Waals surface area contributed by atoms with Crippen LogP contribution < -0.4 is 15.4 Å². The van der Waals surface area contributed by atoms with Crippen LogP contribution in [0.25, 0.3) is 44.2 Å². The molecule has 0 amide bonds. The van der Waals surface area contributed by atoms with E-state index in [1.165, 1.54) is 55.3 Å². The average Bonchev–Trinajstić information content (AvgIpc) is 3.62. The number of aliphatic imine (C=N–C) groups is 1. The molecule has 286 valence electrons. The van der Waals surface area contributed by atoms with E-state index in [2.05, 4.69) is 223 Å². The molecule has 2 aliphatic heterocycles. The summed E-state index contributed by atoms with van der Waals surface area (Å²) in [6.07, 6.45) is 8.47. The molecule has 0 saturated carbocycles. The summed E-state index contributed by atoms with van der Waals surface area (Å²) in [7, 11) is 0. The van der Waals surface area contributed by atoms with Crippen LogP contribution in [0.15, 0.2) is 217 Å². The van der Waals surface area contributed by atoms with Crippen molar-refractivity contribution < 1.29 is 4.74 Å². The van der Waals surface area contributed by atoms with Crippen molar-refractivity contribution in [1.29, 1.82) is 0 Å². The van der Waals surface area contributed by atoms with Gasteiger partial charge in [0.15, 0.2) is 0 Å². The normalized spacial score (nSPS) is 21.9. The van der Waals surface area contributed by atoms with E-state index in [-0.39, 0.29) is 24.4 Å². The van der Waals surface area contributed by atoms with Gasteiger partial charge in [0.25, 0.3) is 0 Å². The number of allylic oxidation sites excluding steroid dienone is 2. The molecule has 8 aromatic rings. The summed E-state index contributed by atoms with van der Waals surface area (Å²) in [6.45, 7) is 0. The van der Waals surface area contributed by atoms with E-state index in [1.807, 2.05) is 0 Å². The van der Waals surface area contributed by atoms with E-state index >= 15 is 0 Å². The summed E-state index contributed by atoms with van der Waals surface area (Å²) >= 11 is 0. The lowest BCUT2D eigenvalue weighted by molar-refractivity contribution is 0.141. The first-order valence-corrected chi connectivity index (χ1v) is 20.9. The van der Waals surface area contributed by atoms with Crippen LogP contribution in [0, 0.1) is 5.92 Å². The largest absolute Gasteiger partial charge is 0.485 e. The van der Waals surface area contributed by atoms with Gasteiger partial charge in [0, 0.05) is 17.0 Å². The van der Waals surface area contributed by atoms with Gasteiger partial charge in [-0.25, -0.2) is 4.99 Å². The van der Waals surface area contributed by atoms with Gasteiger partial charge in [-0.3, -0.25) is 5.32 Å². The summed E-state index contributed by atoms with van der Waals surface area (Å²) in [4.78, 5) is 5.30. The first-order valence-electron chi connectivity index (χ1n) is 20.9. The van der Waals surface area contributed by atoms with Crippen LogP contribution in [0.1, 0.15) is 45.7 Å². The Kier molecular flexibility index (Phi) is 8.07. The summed E-state index contributed by atoms with van der Waals surface area (Å²) in [5.74, 6) is 1.93. The van der Waals surface area contributed by atoms with Crippen molar-refractivity contribution in [2.45, 2.75) is 23.9 Å². The van der Waals surface area contributed by atoms with Gasteiger partial charge in [-0.15, -0.1) is 0 Å². The molecule has 4 nitrogen and oxygen atoms in total. The second-order valence-electron chi connectivity index (χ2n) is 16.2. The molecule has 0 bridgehead atoms. The summed E-state index contributed by atoms with van der Waals surface area (Å²) < 4.78 is 6.70. The lowest BCUT2D eigenvalue weighted by atomic mass is 9.60. The molecule has 2 N–H and O–H groups in total. The second kappa shape index (κ2) is 13.9. The Balaban J connectivity index is 0.959. The van der Waals surface area contributed by atoms with Crippen molar-refractivity contribution in [2.75, 3.05) is 0 Å². The zero-order chi connectivity index (χ0) is 39.6. The third-order valence-corrected chi connectivity index (χ3v) is 13.0. The standard InChI is InChI=1S/C56H41N3O/c1-2-17-37(18-3-1)53-57-54(59-55(58-53)44-27-14-19-36-16-4-5-24-42(36)44)41-23-13-21-39(35-41)38-20-12-22-40(34-38)43-26-15-31-49-52(43)45-25-6-7-28-46(45)56(49)47-29-8-10-32-50(47)60-51-33-11-9-30-48(51)56/h1-35,47,50,53,55,58H,(H,57,59). The van der Waals surface area contributed by atoms with Crippen LogP contribution in [0.2, 0.25) is 0 Å². The number of hydrogen-bond acceptors (Lipinski definition) is 4. The maximum atomic E-state index is 6.70. The fourth-order valence-corrected chi connectivity index (χ4v) is 10.4. The van der Waals surface area contributed by atoms with Crippen molar-refractivity contribution in [1.82, 2.24) is 10.6 Å². The Morgan fingerprint density at radius 2 is 1.17 bits per heavy atom. The van der Waals surface area contributed by atoms with Crippen molar-refractivity contribution in [3.63, 3.8) is 0 Å². The monoisotopic (exact) mass is 771 g/mol. The minimum absolute atomic E-state index is 0.0625. The van der Waals surface area contributed by atoms with Crippen molar-refractivity contribution in [3.8, 4) is 39.1 Å². The lowest BCUT2D eigenvalue weighted by Gasteiger charge is -2.47. The number of benzene rings is 8. The number of nitrogens with zero attached hydrogens (tertiary/aromatic N) is 1. The van der Waals surface area contributed by atoms with Crippen LogP contribution in [0.5, 0.6) is 5.75 Å². The predicted octanol–water partition coefficient (Wildman–Crippen LogP) is 12.3. The number of hydrogen-bond donors (Lipinski definition) is 2. The van der Waals surface area contributed by atoms with Gasteiger partial charge >= 0.3 is 0 Å². The summed E-state index contributed by atoms with van der Waals surface area (Å²) in [5, 5.41) is 10.1. The van der Waals surface area contributed by atoms with Crippen LogP contribution in [0.4, 0.5) is 0 Å². The number of amidine groups is 1. The quantitative estimate of drug-likeness (QED) is 0.183. The fraction of sp³-hybridized carbons (Fsp3) is 0.0893. The number of para-hydroxylation sites is 1. The third kappa shape index (κ3) is 5.38. The Labute approximate surface area is 350 Å². The predicted molar refractivity (Wildman–Crippen MR) is 244 cm³/mol. The van der Waals surface area contributed by atoms with E-state index in [0.29, 0.717) is 0 Å². The maximum Gasteiger partial charge on any atom is 0.131 e. The molecule has 2 heterocycles. The number of rotatable bonds is 5. The number of fused-ring (bicyclic) bond motifs is 10. The van der Waals surface area contributed by atoms with Crippen LogP contribution in [0.3, 0.4) is 0 Å². The zero-order valence-corrected chi connectivity index (χ0v) is 32.9. The molecular weight excluding hydrogens is 731 g/mol. The lowest BCUT2D eigenvalue weighted by Crippen LogP contribution is -2.47. The molecule has 60 heavy (non-hydrogen) atoms. The zero-order valence-electron chi connectivity index (χ0n) is 32.9. The highest BCUT2D eigenvalue weighted by Crippen LogP contribution is 2.63. The Bertz CT molecular complexity index is 3070. The molecule has 1 spiro atoms. The van der Waals surface area contributed by atoms with Gasteiger partial charge < -0.3 is 10.1 Å².